The lowest BCUT2D eigenvalue weighted by atomic mass is 9.94. The van der Waals surface area contributed by atoms with Crippen LogP contribution in [0.25, 0.3) is 4.85 Å². The highest BCUT2D eigenvalue weighted by Crippen LogP contribution is 2.51. The van der Waals surface area contributed by atoms with Crippen LogP contribution in [0.5, 0.6) is 0 Å². The molecule has 2 aliphatic rings. The van der Waals surface area contributed by atoms with Gasteiger partial charge in [0.1, 0.15) is 23.3 Å². The van der Waals surface area contributed by atoms with Crippen molar-refractivity contribution >= 4 is 33.4 Å². The molecule has 2 saturated carbocycles. The van der Waals surface area contributed by atoms with Crippen LogP contribution in [0.15, 0.2) is 77.3 Å². The number of halogens is 11. The summed E-state index contributed by atoms with van der Waals surface area (Å²) in [5.41, 5.74) is -5.74. The molecule has 0 aliphatic heterocycles. The van der Waals surface area contributed by atoms with Crippen molar-refractivity contribution in [3.8, 4) is 0 Å². The van der Waals surface area contributed by atoms with Crippen molar-refractivity contribution in [3.63, 3.8) is 0 Å². The Morgan fingerprint density at radius 2 is 0.981 bits per heavy atom. The van der Waals surface area contributed by atoms with Gasteiger partial charge in [0, 0.05) is 39.5 Å². The summed E-state index contributed by atoms with van der Waals surface area (Å²) < 4.78 is 135. The highest BCUT2D eigenvalue weighted by molar-refractivity contribution is 9.10. The van der Waals surface area contributed by atoms with Crippen LogP contribution in [0.1, 0.15) is 68.7 Å². The molecule has 2 aliphatic carbocycles. The van der Waals surface area contributed by atoms with Crippen molar-refractivity contribution in [1.29, 1.82) is 0 Å². The zero-order valence-corrected chi connectivity index (χ0v) is 28.7. The summed E-state index contributed by atoms with van der Waals surface area (Å²) in [5, 5.41) is 4.76. The molecule has 0 heterocycles. The van der Waals surface area contributed by atoms with E-state index in [0.717, 1.165) is 48.5 Å². The van der Waals surface area contributed by atoms with Crippen LogP contribution >= 0.6 is 15.9 Å². The molecule has 0 aromatic heterocycles. The Hall–Kier alpha value is -4.91. The van der Waals surface area contributed by atoms with Gasteiger partial charge in [0.2, 0.25) is 0 Å². The van der Waals surface area contributed by atoms with E-state index in [9.17, 15) is 53.5 Å². The van der Waals surface area contributed by atoms with Gasteiger partial charge in [-0.2, -0.15) is 26.3 Å². The number of nitrogens with one attached hydrogen (secondary N) is 2. The van der Waals surface area contributed by atoms with Gasteiger partial charge in [0.25, 0.3) is 11.8 Å². The minimum Gasteiger partial charge on any atom is -0.351 e. The summed E-state index contributed by atoms with van der Waals surface area (Å²) in [6, 6.07) is 12.8. The quantitative estimate of drug-likeness (QED) is 0.138. The average molecular weight is 815 g/mol. The van der Waals surface area contributed by atoms with Gasteiger partial charge in [0.15, 0.2) is 5.69 Å². The van der Waals surface area contributed by atoms with Crippen LogP contribution in [-0.4, -0.2) is 24.9 Å². The molecule has 16 heteroatoms. The summed E-state index contributed by atoms with van der Waals surface area (Å²) in [4.78, 5) is 27.5. The number of benzene rings is 4. The molecule has 0 atom stereocenters. The molecule has 0 spiro atoms. The van der Waals surface area contributed by atoms with E-state index in [2.05, 4.69) is 31.4 Å². The van der Waals surface area contributed by atoms with Gasteiger partial charge in [0.05, 0.1) is 28.8 Å². The number of alkyl halides is 6. The van der Waals surface area contributed by atoms with E-state index in [1.807, 2.05) is 0 Å². The number of hydrogen-bond donors (Lipinski definition) is 2. The molecule has 2 amide bonds. The van der Waals surface area contributed by atoms with Gasteiger partial charge in [-0.05, 0) is 74.2 Å². The Morgan fingerprint density at radius 3 is 1.30 bits per heavy atom. The van der Waals surface area contributed by atoms with Crippen LogP contribution in [-0.2, 0) is 23.2 Å². The first-order chi connectivity index (χ1) is 24.8. The molecule has 278 valence electrons. The van der Waals surface area contributed by atoms with Crippen LogP contribution in [0.2, 0.25) is 0 Å². The van der Waals surface area contributed by atoms with Gasteiger partial charge in [-0.3, -0.25) is 9.59 Å². The Bertz CT molecular complexity index is 2060. The summed E-state index contributed by atoms with van der Waals surface area (Å²) in [6.45, 7) is 6.47. The number of nitrogens with zero attached hydrogens (tertiary/aromatic N) is 1. The Labute approximate surface area is 304 Å². The second-order valence-corrected chi connectivity index (χ2v) is 13.6. The number of amides is 2. The van der Waals surface area contributed by atoms with Crippen LogP contribution in [0.3, 0.4) is 0 Å². The van der Waals surface area contributed by atoms with Crippen molar-refractivity contribution in [2.24, 2.45) is 0 Å². The van der Waals surface area contributed by atoms with E-state index in [0.29, 0.717) is 25.7 Å². The van der Waals surface area contributed by atoms with E-state index in [1.54, 1.807) is 0 Å². The highest BCUT2D eigenvalue weighted by atomic mass is 79.9. The molecule has 0 unspecified atom stereocenters. The monoisotopic (exact) mass is 813 g/mol. The molecule has 2 N–H and O–H groups in total. The van der Waals surface area contributed by atoms with Gasteiger partial charge >= 0.3 is 12.4 Å². The molecule has 5 nitrogen and oxygen atoms in total. The zero-order valence-electron chi connectivity index (χ0n) is 27.1. The maximum atomic E-state index is 14.3. The Kier molecular flexibility index (Phi) is 11.0. The molecular weight excluding hydrogens is 788 g/mol. The first-order valence-corrected chi connectivity index (χ1v) is 16.5. The number of carbonyl (C=O) groups is 2. The predicted octanol–water partition coefficient (Wildman–Crippen LogP) is 10.2. The second-order valence-electron chi connectivity index (χ2n) is 12.7. The van der Waals surface area contributed by atoms with Crippen molar-refractivity contribution in [2.45, 2.75) is 48.9 Å². The number of carbonyl (C=O) groups excluding carboxylic acids is 2. The molecular formula is C37H26BrF10N3O2. The van der Waals surface area contributed by atoms with Gasteiger partial charge in [-0.15, -0.1) is 0 Å². The van der Waals surface area contributed by atoms with Crippen LogP contribution in [0, 0.1) is 29.8 Å². The average Bonchev–Trinajstić information content (AvgIpc) is 4.03. The van der Waals surface area contributed by atoms with E-state index in [1.165, 1.54) is 24.3 Å². The lowest BCUT2D eigenvalue weighted by Gasteiger charge is -2.19. The summed E-state index contributed by atoms with van der Waals surface area (Å²) in [5.74, 6) is -5.19. The third-order valence-electron chi connectivity index (χ3n) is 9.06. The smallest absolute Gasteiger partial charge is 0.351 e. The first-order valence-electron chi connectivity index (χ1n) is 15.7. The predicted molar refractivity (Wildman–Crippen MR) is 176 cm³/mol. The maximum absolute atomic E-state index is 14.3. The van der Waals surface area contributed by atoms with Crippen molar-refractivity contribution in [1.82, 2.24) is 10.6 Å². The fraction of sp³-hybridized carbons (Fsp3) is 0.270. The summed E-state index contributed by atoms with van der Waals surface area (Å²) >= 11 is 3.00. The molecule has 2 fully saturated rings. The van der Waals surface area contributed by atoms with Crippen molar-refractivity contribution in [2.75, 3.05) is 13.1 Å². The molecule has 4 aromatic carbocycles. The third-order valence-corrected chi connectivity index (χ3v) is 9.52. The minimum absolute atomic E-state index is 0.145. The third kappa shape index (κ3) is 8.67. The molecule has 53 heavy (non-hydrogen) atoms. The van der Waals surface area contributed by atoms with E-state index >= 15 is 0 Å². The van der Waals surface area contributed by atoms with Crippen molar-refractivity contribution in [3.05, 3.63) is 145 Å². The topological polar surface area (TPSA) is 62.6 Å². The van der Waals surface area contributed by atoms with Gasteiger partial charge in [-0.25, -0.2) is 22.4 Å². The number of rotatable bonds is 8. The summed E-state index contributed by atoms with van der Waals surface area (Å²) in [7, 11) is 0. The standard InChI is InChI=1S/C19H13F5N2O.C18H13BrF5NO/c1-25-11-8-14(20)16(15(21)9-11)18(6-7-18)10-26-17(27)12-4-2-3-5-13(12)19(22,23)24;19-10-7-13(20)15(14(21)8-10)17(5-6-17)9-25-16(26)11-3-1-2-4-12(11)18(22,23)24/h2-5,8-9H,6-7,10H2,(H,26,27);1-4,7-8H,5-6,9H2,(H,25,26). The Balaban J connectivity index is 0.000000204. The Morgan fingerprint density at radius 1 is 0.642 bits per heavy atom. The van der Waals surface area contributed by atoms with Crippen LogP contribution in [0.4, 0.5) is 49.6 Å². The number of hydrogen-bond acceptors (Lipinski definition) is 2. The fourth-order valence-electron chi connectivity index (χ4n) is 6.06. The molecule has 0 saturated heterocycles. The van der Waals surface area contributed by atoms with Crippen LogP contribution < -0.4 is 10.6 Å². The molecule has 0 radical (unpaired) electrons. The lowest BCUT2D eigenvalue weighted by Crippen LogP contribution is -2.34. The first kappa shape index (κ1) is 39.3. The largest absolute Gasteiger partial charge is 0.417 e. The fourth-order valence-corrected chi connectivity index (χ4v) is 6.46. The van der Waals surface area contributed by atoms with Crippen molar-refractivity contribution < 1.29 is 53.5 Å². The molecule has 6 rings (SSSR count). The molecule has 0 bridgehead atoms. The summed E-state index contributed by atoms with van der Waals surface area (Å²) in [6.07, 6.45) is -7.75. The van der Waals surface area contributed by atoms with E-state index in [-0.39, 0.29) is 34.4 Å². The lowest BCUT2D eigenvalue weighted by molar-refractivity contribution is -0.138. The SMILES string of the molecule is O=C(NCC1(c2c(F)cc(Br)cc2F)CC1)c1ccccc1C(F)(F)F.[C-]#[N+]c1cc(F)c(C2(CNC(=O)c3ccccc3C(F)(F)F)CC2)c(F)c1. The van der Waals surface area contributed by atoms with E-state index in [4.69, 9.17) is 6.57 Å². The second kappa shape index (κ2) is 14.8. The highest BCUT2D eigenvalue weighted by Gasteiger charge is 2.49. The minimum atomic E-state index is -4.70. The maximum Gasteiger partial charge on any atom is 0.417 e. The van der Waals surface area contributed by atoms with E-state index < -0.39 is 80.5 Å². The van der Waals surface area contributed by atoms with Gasteiger partial charge < -0.3 is 10.6 Å². The van der Waals surface area contributed by atoms with Gasteiger partial charge in [-0.1, -0.05) is 40.2 Å². The zero-order chi connectivity index (χ0) is 38.9. The normalized spacial score (nSPS) is 15.4. The molecule has 4 aromatic rings.